The van der Waals surface area contributed by atoms with Crippen LogP contribution in [0.1, 0.15) is 5.56 Å². The van der Waals surface area contributed by atoms with Crippen molar-refractivity contribution in [3.63, 3.8) is 0 Å². The normalized spacial score (nSPS) is 11.1. The zero-order valence-electron chi connectivity index (χ0n) is 7.48. The molecule has 0 saturated carbocycles. The van der Waals surface area contributed by atoms with E-state index in [0.717, 1.165) is 22.9 Å². The van der Waals surface area contributed by atoms with Gasteiger partial charge >= 0.3 is 0 Å². The summed E-state index contributed by atoms with van der Waals surface area (Å²) in [5.41, 5.74) is 7.42. The monoisotopic (exact) mass is 256 g/mol. The van der Waals surface area contributed by atoms with Crippen LogP contribution in [0.3, 0.4) is 0 Å². The van der Waals surface area contributed by atoms with Crippen molar-refractivity contribution >= 4 is 26.8 Å². The number of H-pyrrole nitrogens is 1. The van der Waals surface area contributed by atoms with E-state index in [1.165, 1.54) is 6.07 Å². The first-order valence-corrected chi connectivity index (χ1v) is 5.16. The molecule has 3 N–H and O–H groups in total. The first kappa shape index (κ1) is 9.68. The summed E-state index contributed by atoms with van der Waals surface area (Å²) >= 11 is 3.17. The maximum Gasteiger partial charge on any atom is 0.139 e. The number of fused-ring (bicyclic) bond motifs is 1. The molecule has 0 saturated heterocycles. The lowest BCUT2D eigenvalue weighted by molar-refractivity contribution is 0.623. The van der Waals surface area contributed by atoms with Gasteiger partial charge < -0.3 is 10.7 Å². The van der Waals surface area contributed by atoms with Crippen LogP contribution in [0.5, 0.6) is 0 Å². The van der Waals surface area contributed by atoms with Crippen LogP contribution in [0.4, 0.5) is 4.39 Å². The highest BCUT2D eigenvalue weighted by atomic mass is 79.9. The fourth-order valence-corrected chi connectivity index (χ4v) is 1.88. The fourth-order valence-electron chi connectivity index (χ4n) is 1.54. The molecular weight excluding hydrogens is 247 g/mol. The van der Waals surface area contributed by atoms with Gasteiger partial charge in [0.2, 0.25) is 0 Å². The molecule has 0 unspecified atom stereocenters. The molecule has 0 aliphatic carbocycles. The number of nitrogens with one attached hydrogen (secondary N) is 1. The van der Waals surface area contributed by atoms with Crippen molar-refractivity contribution in [1.82, 2.24) is 4.98 Å². The fraction of sp³-hybridized carbons (Fsp3) is 0.200. The summed E-state index contributed by atoms with van der Waals surface area (Å²) in [6.07, 6.45) is 2.68. The predicted octanol–water partition coefficient (Wildman–Crippen LogP) is 2.57. The number of aromatic amines is 1. The zero-order valence-corrected chi connectivity index (χ0v) is 9.07. The van der Waals surface area contributed by atoms with Gasteiger partial charge in [0.05, 0.1) is 4.47 Å². The van der Waals surface area contributed by atoms with E-state index < -0.39 is 0 Å². The van der Waals surface area contributed by atoms with Crippen LogP contribution in [-0.2, 0) is 6.42 Å². The largest absolute Gasteiger partial charge is 0.361 e. The van der Waals surface area contributed by atoms with Gasteiger partial charge in [0.15, 0.2) is 0 Å². The Morgan fingerprint density at radius 2 is 2.21 bits per heavy atom. The molecule has 14 heavy (non-hydrogen) atoms. The SMILES string of the molecule is NCCc1c[nH]c2cc(F)c(Br)cc12. The van der Waals surface area contributed by atoms with E-state index in [9.17, 15) is 4.39 Å². The van der Waals surface area contributed by atoms with Crippen molar-refractivity contribution in [2.75, 3.05) is 6.54 Å². The van der Waals surface area contributed by atoms with E-state index in [-0.39, 0.29) is 5.82 Å². The van der Waals surface area contributed by atoms with Crippen LogP contribution in [-0.4, -0.2) is 11.5 Å². The molecule has 0 radical (unpaired) electrons. The van der Waals surface area contributed by atoms with E-state index in [1.807, 2.05) is 6.20 Å². The van der Waals surface area contributed by atoms with Crippen molar-refractivity contribution in [3.05, 3.63) is 34.2 Å². The third-order valence-corrected chi connectivity index (χ3v) is 2.83. The highest BCUT2D eigenvalue weighted by Crippen LogP contribution is 2.25. The smallest absolute Gasteiger partial charge is 0.139 e. The summed E-state index contributed by atoms with van der Waals surface area (Å²) in [4.78, 5) is 3.02. The summed E-state index contributed by atoms with van der Waals surface area (Å²) in [5, 5.41) is 1.03. The highest BCUT2D eigenvalue weighted by molar-refractivity contribution is 9.10. The summed E-state index contributed by atoms with van der Waals surface area (Å²) in [7, 11) is 0. The Labute approximate surface area is 89.4 Å². The van der Waals surface area contributed by atoms with Crippen LogP contribution in [0, 0.1) is 5.82 Å². The predicted molar refractivity (Wildman–Crippen MR) is 58.7 cm³/mol. The second-order valence-corrected chi connectivity index (χ2v) is 4.02. The Morgan fingerprint density at radius 3 is 2.93 bits per heavy atom. The van der Waals surface area contributed by atoms with Crippen LogP contribution in [0.25, 0.3) is 10.9 Å². The maximum absolute atomic E-state index is 13.2. The first-order chi connectivity index (χ1) is 6.72. The zero-order chi connectivity index (χ0) is 10.1. The number of hydrogen-bond acceptors (Lipinski definition) is 1. The molecule has 0 spiro atoms. The van der Waals surface area contributed by atoms with Crippen LogP contribution in [0.2, 0.25) is 0 Å². The number of nitrogens with two attached hydrogens (primary N) is 1. The van der Waals surface area contributed by atoms with Crippen molar-refractivity contribution in [3.8, 4) is 0 Å². The average Bonchev–Trinajstić information content (AvgIpc) is 2.51. The Morgan fingerprint density at radius 1 is 1.43 bits per heavy atom. The molecule has 0 aliphatic heterocycles. The lowest BCUT2D eigenvalue weighted by atomic mass is 10.1. The van der Waals surface area contributed by atoms with E-state index >= 15 is 0 Å². The molecule has 0 aliphatic rings. The second-order valence-electron chi connectivity index (χ2n) is 3.16. The molecule has 0 atom stereocenters. The Bertz CT molecular complexity index is 464. The molecule has 2 nitrogen and oxygen atoms in total. The topological polar surface area (TPSA) is 41.8 Å². The van der Waals surface area contributed by atoms with E-state index in [1.54, 1.807) is 6.07 Å². The van der Waals surface area contributed by atoms with Gasteiger partial charge in [-0.1, -0.05) is 0 Å². The highest BCUT2D eigenvalue weighted by Gasteiger charge is 2.06. The van der Waals surface area contributed by atoms with Crippen LogP contribution in [0.15, 0.2) is 22.8 Å². The number of halogens is 2. The molecule has 2 rings (SSSR count). The van der Waals surface area contributed by atoms with Gasteiger partial charge in [-0.15, -0.1) is 0 Å². The summed E-state index contributed by atoms with van der Waals surface area (Å²) in [6, 6.07) is 3.27. The van der Waals surface area contributed by atoms with E-state index in [0.29, 0.717) is 11.0 Å². The molecular formula is C10H10BrFN2. The standard InChI is InChI=1S/C10H10BrFN2/c11-8-3-7-6(1-2-13)5-14-10(7)4-9(8)12/h3-5,14H,1-2,13H2. The van der Waals surface area contributed by atoms with E-state index in [4.69, 9.17) is 5.73 Å². The van der Waals surface area contributed by atoms with Gasteiger partial charge in [0.1, 0.15) is 5.82 Å². The summed E-state index contributed by atoms with van der Waals surface area (Å²) in [6.45, 7) is 0.599. The van der Waals surface area contributed by atoms with Crippen molar-refractivity contribution in [1.29, 1.82) is 0 Å². The molecule has 1 aromatic heterocycles. The molecule has 0 amide bonds. The number of benzene rings is 1. The van der Waals surface area contributed by atoms with Gasteiger partial charge in [-0.25, -0.2) is 4.39 Å². The molecule has 74 valence electrons. The lowest BCUT2D eigenvalue weighted by Gasteiger charge is -1.98. The minimum absolute atomic E-state index is 0.251. The number of rotatable bonds is 2. The maximum atomic E-state index is 13.2. The minimum atomic E-state index is -0.251. The molecule has 2 aromatic rings. The van der Waals surface area contributed by atoms with Gasteiger partial charge in [-0.2, -0.15) is 0 Å². The number of aromatic nitrogens is 1. The van der Waals surface area contributed by atoms with Crippen molar-refractivity contribution in [2.45, 2.75) is 6.42 Å². The second kappa shape index (κ2) is 3.71. The third kappa shape index (κ3) is 1.55. The minimum Gasteiger partial charge on any atom is -0.361 e. The van der Waals surface area contributed by atoms with Gasteiger partial charge in [0.25, 0.3) is 0 Å². The Balaban J connectivity index is 2.61. The Kier molecular flexibility index (Phi) is 2.56. The first-order valence-electron chi connectivity index (χ1n) is 4.37. The third-order valence-electron chi connectivity index (χ3n) is 2.22. The molecule has 1 aromatic carbocycles. The molecule has 4 heteroatoms. The van der Waals surface area contributed by atoms with E-state index in [2.05, 4.69) is 20.9 Å². The van der Waals surface area contributed by atoms with Gasteiger partial charge in [0, 0.05) is 17.1 Å². The Hall–Kier alpha value is -0.870. The lowest BCUT2D eigenvalue weighted by Crippen LogP contribution is -2.01. The molecule has 1 heterocycles. The number of hydrogen-bond donors (Lipinski definition) is 2. The summed E-state index contributed by atoms with van der Waals surface area (Å²) in [5.74, 6) is -0.251. The molecule has 0 bridgehead atoms. The quantitative estimate of drug-likeness (QED) is 0.853. The van der Waals surface area contributed by atoms with Gasteiger partial charge in [-0.05, 0) is 46.6 Å². The van der Waals surface area contributed by atoms with Gasteiger partial charge in [-0.3, -0.25) is 0 Å². The van der Waals surface area contributed by atoms with Crippen LogP contribution < -0.4 is 5.73 Å². The summed E-state index contributed by atoms with van der Waals surface area (Å²) < 4.78 is 13.6. The van der Waals surface area contributed by atoms with Crippen molar-refractivity contribution in [2.24, 2.45) is 5.73 Å². The molecule has 0 fully saturated rings. The van der Waals surface area contributed by atoms with Crippen molar-refractivity contribution < 1.29 is 4.39 Å². The van der Waals surface area contributed by atoms with Crippen LogP contribution >= 0.6 is 15.9 Å². The average molecular weight is 257 g/mol.